The van der Waals surface area contributed by atoms with E-state index in [2.05, 4.69) is 36.1 Å². The maximum absolute atomic E-state index is 11.8. The zero-order valence-electron chi connectivity index (χ0n) is 11.3. The number of carbonyl (C=O) groups is 1. The molecule has 98 valence electrons. The number of esters is 1. The van der Waals surface area contributed by atoms with Gasteiger partial charge in [0.05, 0.1) is 7.11 Å². The third-order valence-corrected chi connectivity index (χ3v) is 3.97. The second-order valence-corrected chi connectivity index (χ2v) is 5.10. The summed E-state index contributed by atoms with van der Waals surface area (Å²) in [7, 11) is 3.46. The van der Waals surface area contributed by atoms with Gasteiger partial charge in [-0.2, -0.15) is 0 Å². The second-order valence-electron chi connectivity index (χ2n) is 5.10. The molecule has 1 saturated heterocycles. The summed E-state index contributed by atoms with van der Waals surface area (Å²) in [6, 6.07) is 8.35. The molecule has 0 aromatic heterocycles. The van der Waals surface area contributed by atoms with Crippen LogP contribution in [0.5, 0.6) is 0 Å². The van der Waals surface area contributed by atoms with Crippen LogP contribution in [0.4, 0.5) is 0 Å². The molecule has 1 aliphatic heterocycles. The highest BCUT2D eigenvalue weighted by Gasteiger charge is 2.32. The van der Waals surface area contributed by atoms with E-state index in [1.165, 1.54) is 18.2 Å². The topological polar surface area (TPSA) is 29.5 Å². The van der Waals surface area contributed by atoms with Crippen molar-refractivity contribution in [1.82, 2.24) is 4.90 Å². The van der Waals surface area contributed by atoms with E-state index in [9.17, 15) is 4.79 Å². The molecule has 3 nitrogen and oxygen atoms in total. The van der Waals surface area contributed by atoms with Gasteiger partial charge in [0, 0.05) is 0 Å². The van der Waals surface area contributed by atoms with Crippen LogP contribution >= 0.6 is 0 Å². The molecule has 3 heteroatoms. The zero-order chi connectivity index (χ0) is 13.1. The molecule has 0 N–H and O–H groups in total. The smallest absolute Gasteiger partial charge is 0.323 e. The van der Waals surface area contributed by atoms with Crippen LogP contribution in [0.1, 0.15) is 29.9 Å². The molecule has 18 heavy (non-hydrogen) atoms. The van der Waals surface area contributed by atoms with Gasteiger partial charge in [0.1, 0.15) is 6.04 Å². The lowest BCUT2D eigenvalue weighted by atomic mass is 9.83. The van der Waals surface area contributed by atoms with Crippen LogP contribution in [0, 0.1) is 6.92 Å². The number of rotatable bonds is 2. The van der Waals surface area contributed by atoms with Crippen molar-refractivity contribution in [3.8, 4) is 0 Å². The Balaban J connectivity index is 2.17. The summed E-state index contributed by atoms with van der Waals surface area (Å²) in [5.74, 6) is 0.349. The number of hydrogen-bond donors (Lipinski definition) is 0. The Hall–Kier alpha value is -1.35. The van der Waals surface area contributed by atoms with E-state index < -0.39 is 0 Å². The highest BCUT2D eigenvalue weighted by molar-refractivity contribution is 5.75. The minimum atomic E-state index is -0.115. The Morgan fingerprint density at radius 2 is 2.11 bits per heavy atom. The quantitative estimate of drug-likeness (QED) is 0.751. The molecule has 1 aliphatic rings. The monoisotopic (exact) mass is 247 g/mol. The normalized spacial score (nSPS) is 24.8. The van der Waals surface area contributed by atoms with Crippen LogP contribution in [0.3, 0.4) is 0 Å². The molecular formula is C15H21NO2. The highest BCUT2D eigenvalue weighted by Crippen LogP contribution is 2.32. The van der Waals surface area contributed by atoms with Gasteiger partial charge in [-0.3, -0.25) is 9.69 Å². The first kappa shape index (κ1) is 13.1. The summed E-state index contributed by atoms with van der Waals surface area (Å²) in [4.78, 5) is 13.9. The molecule has 1 fully saturated rings. The Labute approximate surface area is 109 Å². The number of ether oxygens (including phenoxy) is 1. The average molecular weight is 247 g/mol. The predicted molar refractivity (Wildman–Crippen MR) is 71.6 cm³/mol. The van der Waals surface area contributed by atoms with E-state index in [-0.39, 0.29) is 12.0 Å². The maximum atomic E-state index is 11.8. The fourth-order valence-electron chi connectivity index (χ4n) is 2.82. The summed E-state index contributed by atoms with van der Waals surface area (Å²) in [5, 5.41) is 0. The summed E-state index contributed by atoms with van der Waals surface area (Å²) in [6.45, 7) is 3.08. The van der Waals surface area contributed by atoms with Gasteiger partial charge in [-0.25, -0.2) is 0 Å². The number of likely N-dealkylation sites (tertiary alicyclic amines) is 1. The van der Waals surface area contributed by atoms with Gasteiger partial charge in [-0.15, -0.1) is 0 Å². The van der Waals surface area contributed by atoms with Crippen molar-refractivity contribution in [1.29, 1.82) is 0 Å². The molecule has 0 unspecified atom stereocenters. The zero-order valence-corrected chi connectivity index (χ0v) is 11.3. The van der Waals surface area contributed by atoms with Gasteiger partial charge >= 0.3 is 5.97 Å². The Bertz CT molecular complexity index is 430. The lowest BCUT2D eigenvalue weighted by molar-refractivity contribution is -0.147. The minimum Gasteiger partial charge on any atom is -0.468 e. The third-order valence-electron chi connectivity index (χ3n) is 3.97. The van der Waals surface area contributed by atoms with E-state index in [0.717, 1.165) is 19.4 Å². The highest BCUT2D eigenvalue weighted by atomic mass is 16.5. The predicted octanol–water partition coefficient (Wildman–Crippen LogP) is 2.35. The number of methoxy groups -OCH3 is 1. The largest absolute Gasteiger partial charge is 0.468 e. The van der Waals surface area contributed by atoms with Crippen molar-refractivity contribution < 1.29 is 9.53 Å². The van der Waals surface area contributed by atoms with Gasteiger partial charge in [-0.1, -0.05) is 24.3 Å². The van der Waals surface area contributed by atoms with Gasteiger partial charge in [-0.05, 0) is 50.4 Å². The van der Waals surface area contributed by atoms with E-state index >= 15 is 0 Å². The van der Waals surface area contributed by atoms with Crippen LogP contribution < -0.4 is 0 Å². The van der Waals surface area contributed by atoms with Crippen molar-refractivity contribution in [3.05, 3.63) is 35.4 Å². The van der Waals surface area contributed by atoms with Crippen molar-refractivity contribution >= 4 is 5.97 Å². The van der Waals surface area contributed by atoms with Crippen LogP contribution in [0.25, 0.3) is 0 Å². The van der Waals surface area contributed by atoms with Gasteiger partial charge < -0.3 is 4.74 Å². The maximum Gasteiger partial charge on any atom is 0.323 e. The molecule has 1 aromatic rings. The Morgan fingerprint density at radius 3 is 2.78 bits per heavy atom. The number of aryl methyl sites for hydroxylation is 1. The molecule has 0 aliphatic carbocycles. The molecule has 0 saturated carbocycles. The lowest BCUT2D eigenvalue weighted by Crippen LogP contribution is -2.44. The Kier molecular flexibility index (Phi) is 4.02. The summed E-state index contributed by atoms with van der Waals surface area (Å²) >= 11 is 0. The molecule has 1 aromatic carbocycles. The van der Waals surface area contributed by atoms with Crippen molar-refractivity contribution in [2.45, 2.75) is 31.7 Å². The number of benzene rings is 1. The number of piperidine rings is 1. The molecule has 0 bridgehead atoms. The first-order valence-electron chi connectivity index (χ1n) is 6.47. The SMILES string of the molecule is COC(=O)[C@@H]1C[C@@H](c2ccccc2C)CCN1C. The minimum absolute atomic E-state index is 0.103. The lowest BCUT2D eigenvalue weighted by Gasteiger charge is -2.36. The molecule has 0 radical (unpaired) electrons. The average Bonchev–Trinajstić information content (AvgIpc) is 2.39. The summed E-state index contributed by atoms with van der Waals surface area (Å²) < 4.78 is 4.89. The van der Waals surface area contributed by atoms with Crippen LogP contribution in [0.15, 0.2) is 24.3 Å². The molecule has 0 spiro atoms. The van der Waals surface area contributed by atoms with Gasteiger partial charge in [0.2, 0.25) is 0 Å². The van der Waals surface area contributed by atoms with Crippen LogP contribution in [0.2, 0.25) is 0 Å². The second kappa shape index (κ2) is 5.53. The molecule has 2 rings (SSSR count). The number of nitrogens with zero attached hydrogens (tertiary/aromatic N) is 1. The third kappa shape index (κ3) is 2.56. The number of carbonyl (C=O) groups excluding carboxylic acids is 1. The van der Waals surface area contributed by atoms with E-state index in [1.807, 2.05) is 7.05 Å². The molecular weight excluding hydrogens is 226 g/mol. The Morgan fingerprint density at radius 1 is 1.39 bits per heavy atom. The van der Waals surface area contributed by atoms with Gasteiger partial charge in [0.25, 0.3) is 0 Å². The molecule has 1 heterocycles. The molecule has 0 amide bonds. The molecule has 2 atom stereocenters. The first-order valence-corrected chi connectivity index (χ1v) is 6.47. The standard InChI is InChI=1S/C15H21NO2/c1-11-6-4-5-7-13(11)12-8-9-16(2)14(10-12)15(17)18-3/h4-7,12,14H,8-10H2,1-3H3/t12-,14-/m0/s1. The first-order chi connectivity index (χ1) is 8.63. The fraction of sp³-hybridized carbons (Fsp3) is 0.533. The summed E-state index contributed by atoms with van der Waals surface area (Å²) in [5.41, 5.74) is 2.69. The van der Waals surface area contributed by atoms with E-state index in [0.29, 0.717) is 5.92 Å². The number of hydrogen-bond acceptors (Lipinski definition) is 3. The summed E-state index contributed by atoms with van der Waals surface area (Å²) in [6.07, 6.45) is 1.96. The van der Waals surface area contributed by atoms with Crippen molar-refractivity contribution in [2.24, 2.45) is 0 Å². The van der Waals surface area contributed by atoms with Crippen LogP contribution in [-0.4, -0.2) is 37.6 Å². The van der Waals surface area contributed by atoms with E-state index in [1.54, 1.807) is 0 Å². The van der Waals surface area contributed by atoms with Crippen LogP contribution in [-0.2, 0) is 9.53 Å². The van der Waals surface area contributed by atoms with E-state index in [4.69, 9.17) is 4.74 Å². The van der Waals surface area contributed by atoms with Crippen molar-refractivity contribution in [3.63, 3.8) is 0 Å². The number of likely N-dealkylation sites (N-methyl/N-ethyl adjacent to an activating group) is 1. The fourth-order valence-corrected chi connectivity index (χ4v) is 2.82. The van der Waals surface area contributed by atoms with Gasteiger partial charge in [0.15, 0.2) is 0 Å². The van der Waals surface area contributed by atoms with Crippen molar-refractivity contribution in [2.75, 3.05) is 20.7 Å².